The van der Waals surface area contributed by atoms with E-state index in [4.69, 9.17) is 14.1 Å². The van der Waals surface area contributed by atoms with E-state index in [0.717, 1.165) is 27.6 Å². The van der Waals surface area contributed by atoms with E-state index < -0.39 is 11.6 Å². The molecule has 0 saturated heterocycles. The second-order valence-electron chi connectivity index (χ2n) is 9.39. The molecule has 192 valence electrons. The van der Waals surface area contributed by atoms with Crippen molar-refractivity contribution >= 4 is 22.6 Å². The van der Waals surface area contributed by atoms with Crippen LogP contribution in [0.15, 0.2) is 71.1 Å². The Morgan fingerprint density at radius 2 is 1.68 bits per heavy atom. The number of carboxylic acid groups (broad SMARTS) is 1. The highest BCUT2D eigenvalue weighted by Crippen LogP contribution is 2.32. The maximum Gasteiger partial charge on any atom is 0.347 e. The summed E-state index contributed by atoms with van der Waals surface area (Å²) in [6, 6.07) is 21.1. The molecule has 0 atom stereocenters. The number of carbonyl (C=O) groups is 2. The van der Waals surface area contributed by atoms with Crippen LogP contribution >= 0.6 is 0 Å². The summed E-state index contributed by atoms with van der Waals surface area (Å²) in [4.78, 5) is 30.7. The van der Waals surface area contributed by atoms with Gasteiger partial charge in [-0.3, -0.25) is 9.69 Å². The highest BCUT2D eigenvalue weighted by atomic mass is 16.5. The average molecular weight is 502 g/mol. The number of amides is 1. The van der Waals surface area contributed by atoms with Gasteiger partial charge in [0.1, 0.15) is 11.5 Å². The molecule has 0 aliphatic rings. The molecule has 0 fully saturated rings. The van der Waals surface area contributed by atoms with Crippen molar-refractivity contribution < 1.29 is 23.8 Å². The normalized spacial score (nSPS) is 11.6. The van der Waals surface area contributed by atoms with Crippen LogP contribution in [0.1, 0.15) is 30.9 Å². The number of aryl methyl sites for hydroxylation is 1. The fourth-order valence-electron chi connectivity index (χ4n) is 4.06. The lowest BCUT2D eigenvalue weighted by Crippen LogP contribution is -2.38. The predicted octanol–water partition coefficient (Wildman–Crippen LogP) is 4.79. The molecule has 8 nitrogen and oxygen atoms in total. The fourth-order valence-corrected chi connectivity index (χ4v) is 4.06. The van der Waals surface area contributed by atoms with Crippen molar-refractivity contribution in [2.45, 2.75) is 39.5 Å². The maximum atomic E-state index is 12.4. The first-order chi connectivity index (χ1) is 17.7. The number of rotatable bonds is 10. The van der Waals surface area contributed by atoms with Crippen molar-refractivity contribution in [3.8, 4) is 17.2 Å². The van der Waals surface area contributed by atoms with E-state index in [1.165, 1.54) is 13.8 Å². The predicted molar refractivity (Wildman–Crippen MR) is 141 cm³/mol. The van der Waals surface area contributed by atoms with E-state index in [1.807, 2.05) is 72.5 Å². The van der Waals surface area contributed by atoms with Crippen LogP contribution in [-0.4, -0.2) is 46.1 Å². The summed E-state index contributed by atoms with van der Waals surface area (Å²) in [7, 11) is 1.61. The van der Waals surface area contributed by atoms with Gasteiger partial charge in [0, 0.05) is 31.1 Å². The summed E-state index contributed by atoms with van der Waals surface area (Å²) in [5.41, 5.74) is 1.25. The molecule has 0 aliphatic heterocycles. The summed E-state index contributed by atoms with van der Waals surface area (Å²) >= 11 is 0. The van der Waals surface area contributed by atoms with Gasteiger partial charge < -0.3 is 19.6 Å². The van der Waals surface area contributed by atoms with Gasteiger partial charge in [-0.2, -0.15) is 0 Å². The third-order valence-corrected chi connectivity index (χ3v) is 6.18. The summed E-state index contributed by atoms with van der Waals surface area (Å²) < 4.78 is 11.8. The van der Waals surface area contributed by atoms with Gasteiger partial charge in [-0.05, 0) is 49.9 Å². The van der Waals surface area contributed by atoms with Crippen molar-refractivity contribution in [2.24, 2.45) is 0 Å². The molecule has 4 aromatic rings. The molecule has 0 spiro atoms. The maximum absolute atomic E-state index is 12.4. The molecule has 2 N–H and O–H groups in total. The molecule has 8 heteroatoms. The van der Waals surface area contributed by atoms with Crippen molar-refractivity contribution in [3.05, 3.63) is 83.7 Å². The van der Waals surface area contributed by atoms with Gasteiger partial charge in [-0.15, -0.1) is 0 Å². The number of carboxylic acids is 1. The molecule has 3 aromatic carbocycles. The largest absolute Gasteiger partial charge is 0.478 e. The quantitative estimate of drug-likeness (QED) is 0.322. The monoisotopic (exact) mass is 501 g/mol. The van der Waals surface area contributed by atoms with E-state index in [0.29, 0.717) is 30.5 Å². The topological polar surface area (TPSA) is 105 Å². The molecular formula is C29H31N3O5. The van der Waals surface area contributed by atoms with Crippen LogP contribution in [0.2, 0.25) is 0 Å². The number of hydrogen-bond acceptors (Lipinski definition) is 6. The van der Waals surface area contributed by atoms with Crippen LogP contribution in [0, 0.1) is 6.92 Å². The van der Waals surface area contributed by atoms with Crippen LogP contribution in [-0.2, 0) is 22.7 Å². The number of hydrogen-bond donors (Lipinski definition) is 2. The Labute approximate surface area is 215 Å². The minimum absolute atomic E-state index is 0.114. The Hall–Kier alpha value is -4.17. The van der Waals surface area contributed by atoms with Crippen molar-refractivity contribution in [2.75, 3.05) is 13.6 Å². The first kappa shape index (κ1) is 25.9. The van der Waals surface area contributed by atoms with Gasteiger partial charge in [0.2, 0.25) is 11.8 Å². The van der Waals surface area contributed by atoms with Crippen LogP contribution in [0.5, 0.6) is 5.75 Å². The number of ether oxygens (including phenoxy) is 1. The smallest absolute Gasteiger partial charge is 0.347 e. The SMILES string of the molecule is CNC(=O)CN(Cc1nc(-c2ccccc2)oc1C)Cc1ccc(OC(C)(C)C(=O)O)c2ccccc12. The lowest BCUT2D eigenvalue weighted by Gasteiger charge is -2.25. The van der Waals surface area contributed by atoms with Crippen LogP contribution < -0.4 is 10.1 Å². The van der Waals surface area contributed by atoms with Crippen LogP contribution in [0.25, 0.3) is 22.2 Å². The van der Waals surface area contributed by atoms with E-state index in [1.54, 1.807) is 13.1 Å². The Morgan fingerprint density at radius 1 is 1.00 bits per heavy atom. The summed E-state index contributed by atoms with van der Waals surface area (Å²) in [5.74, 6) is 0.572. The molecule has 0 saturated carbocycles. The standard InChI is InChI=1S/C29H31N3O5/c1-19-24(31-27(36-19)20-10-6-5-7-11-20)17-32(18-26(33)30-4)16-21-14-15-25(37-29(2,3)28(34)35)23-13-9-8-12-22(21)23/h5-15H,16-18H2,1-4H3,(H,30,33)(H,34,35). The summed E-state index contributed by atoms with van der Waals surface area (Å²) in [6.45, 7) is 5.96. The fraction of sp³-hybridized carbons (Fsp3) is 0.276. The minimum atomic E-state index is -1.38. The number of benzene rings is 3. The molecular weight excluding hydrogens is 470 g/mol. The number of aliphatic carboxylic acids is 1. The van der Waals surface area contributed by atoms with Gasteiger partial charge in [-0.25, -0.2) is 9.78 Å². The van der Waals surface area contributed by atoms with E-state index in [2.05, 4.69) is 5.32 Å². The molecule has 4 rings (SSSR count). The van der Waals surface area contributed by atoms with Gasteiger partial charge in [-0.1, -0.05) is 48.5 Å². The van der Waals surface area contributed by atoms with Gasteiger partial charge in [0.25, 0.3) is 0 Å². The zero-order chi connectivity index (χ0) is 26.6. The van der Waals surface area contributed by atoms with E-state index in [9.17, 15) is 14.7 Å². The van der Waals surface area contributed by atoms with Gasteiger partial charge in [0.15, 0.2) is 5.60 Å². The van der Waals surface area contributed by atoms with Gasteiger partial charge >= 0.3 is 5.97 Å². The first-order valence-corrected chi connectivity index (χ1v) is 12.1. The Morgan fingerprint density at radius 3 is 2.35 bits per heavy atom. The molecule has 0 bridgehead atoms. The molecule has 0 aliphatic carbocycles. The molecule has 37 heavy (non-hydrogen) atoms. The second kappa shape index (κ2) is 10.8. The number of nitrogens with one attached hydrogen (secondary N) is 1. The third kappa shape index (κ3) is 5.98. The van der Waals surface area contributed by atoms with Crippen molar-refractivity contribution in [1.29, 1.82) is 0 Å². The van der Waals surface area contributed by atoms with Crippen molar-refractivity contribution in [1.82, 2.24) is 15.2 Å². The summed E-state index contributed by atoms with van der Waals surface area (Å²) in [6.07, 6.45) is 0. The minimum Gasteiger partial charge on any atom is -0.478 e. The lowest BCUT2D eigenvalue weighted by atomic mass is 10.0. The van der Waals surface area contributed by atoms with E-state index >= 15 is 0 Å². The number of carbonyl (C=O) groups excluding carboxylic acids is 1. The molecule has 1 heterocycles. The summed E-state index contributed by atoms with van der Waals surface area (Å²) in [5, 5.41) is 13.9. The number of oxazole rings is 1. The highest BCUT2D eigenvalue weighted by molar-refractivity contribution is 5.91. The zero-order valence-corrected chi connectivity index (χ0v) is 21.4. The Bertz CT molecular complexity index is 1410. The number of fused-ring (bicyclic) bond motifs is 1. The molecule has 1 amide bonds. The van der Waals surface area contributed by atoms with Crippen LogP contribution in [0.3, 0.4) is 0 Å². The average Bonchev–Trinajstić information content (AvgIpc) is 3.25. The van der Waals surface area contributed by atoms with Crippen LogP contribution in [0.4, 0.5) is 0 Å². The molecule has 1 aromatic heterocycles. The highest BCUT2D eigenvalue weighted by Gasteiger charge is 2.30. The Balaban J connectivity index is 1.65. The van der Waals surface area contributed by atoms with Crippen molar-refractivity contribution in [3.63, 3.8) is 0 Å². The Kier molecular flexibility index (Phi) is 7.59. The number of aromatic nitrogens is 1. The first-order valence-electron chi connectivity index (χ1n) is 12.1. The lowest BCUT2D eigenvalue weighted by molar-refractivity contribution is -0.152. The zero-order valence-electron chi connectivity index (χ0n) is 21.4. The third-order valence-electron chi connectivity index (χ3n) is 6.18. The number of nitrogens with zero attached hydrogens (tertiary/aromatic N) is 2. The number of likely N-dealkylation sites (N-methyl/N-ethyl adjacent to an activating group) is 1. The molecule has 0 unspecified atom stereocenters. The second-order valence-corrected chi connectivity index (χ2v) is 9.39. The molecule has 0 radical (unpaired) electrons. The van der Waals surface area contributed by atoms with Gasteiger partial charge in [0.05, 0.1) is 12.2 Å². The van der Waals surface area contributed by atoms with E-state index in [-0.39, 0.29) is 12.5 Å².